The number of carbonyl (C=O) groups excluding carboxylic acids is 1. The van der Waals surface area contributed by atoms with Crippen molar-refractivity contribution in [2.45, 2.75) is 30.8 Å². The maximum absolute atomic E-state index is 12.2. The molecule has 0 radical (unpaired) electrons. The molecule has 1 aromatic rings. The van der Waals surface area contributed by atoms with Gasteiger partial charge >= 0.3 is 6.18 Å². The van der Waals surface area contributed by atoms with Gasteiger partial charge in [-0.05, 0) is 31.0 Å². The minimum absolute atomic E-state index is 0.104. The van der Waals surface area contributed by atoms with Gasteiger partial charge in [0.25, 0.3) is 0 Å². The smallest absolute Gasteiger partial charge is 0.404 e. The van der Waals surface area contributed by atoms with Crippen LogP contribution in [0.3, 0.4) is 0 Å². The molecule has 0 aliphatic rings. The first-order chi connectivity index (χ1) is 8.79. The van der Waals surface area contributed by atoms with Crippen LogP contribution in [0, 0.1) is 0 Å². The summed E-state index contributed by atoms with van der Waals surface area (Å²) in [4.78, 5) is 9.14. The fourth-order valence-electron chi connectivity index (χ4n) is 1.34. The largest absolute Gasteiger partial charge is 0.492 e. The average Bonchev–Trinajstić information content (AvgIpc) is 2.33. The lowest BCUT2D eigenvalue weighted by atomic mass is 10.1. The Labute approximate surface area is 118 Å². The molecule has 0 N–H and O–H groups in total. The molecule has 0 saturated carbocycles. The Hall–Kier alpha value is -1.04. The minimum Gasteiger partial charge on any atom is -0.492 e. The highest BCUT2D eigenvalue weighted by atomic mass is 79.9. The molecule has 0 aliphatic heterocycles. The van der Waals surface area contributed by atoms with Crippen molar-refractivity contribution >= 4 is 21.7 Å². The highest BCUT2D eigenvalue weighted by molar-refractivity contribution is 9.09. The summed E-state index contributed by atoms with van der Waals surface area (Å²) in [5, 5.41) is 0. The van der Waals surface area contributed by atoms with Gasteiger partial charge in [-0.3, -0.25) is 0 Å². The van der Waals surface area contributed by atoms with Crippen molar-refractivity contribution in [2.24, 2.45) is 0 Å². The van der Waals surface area contributed by atoms with Gasteiger partial charge in [-0.15, -0.1) is 0 Å². The first-order valence-corrected chi connectivity index (χ1v) is 6.62. The number of hydrogen-bond acceptors (Lipinski definition) is 2. The number of rotatable bonds is 6. The molecule has 1 aromatic carbocycles. The van der Waals surface area contributed by atoms with E-state index in [9.17, 15) is 18.0 Å². The number of alkyl halides is 4. The number of halogens is 4. The highest BCUT2D eigenvalue weighted by Crippen LogP contribution is 2.27. The second-order valence-corrected chi connectivity index (χ2v) is 5.27. The molecule has 19 heavy (non-hydrogen) atoms. The number of ketones is 1. The molecule has 0 saturated heterocycles. The molecule has 0 aromatic heterocycles. The molecule has 1 unspecified atom stereocenters. The molecule has 0 fully saturated rings. The molecular formula is C13H14BrF3O2. The first kappa shape index (κ1) is 16.0. The van der Waals surface area contributed by atoms with Crippen LogP contribution in [0.25, 0.3) is 0 Å². The Kier molecular flexibility index (Phi) is 5.85. The lowest BCUT2D eigenvalue weighted by Gasteiger charge is -2.14. The van der Waals surface area contributed by atoms with E-state index in [2.05, 4.69) is 15.9 Å². The second-order valence-electron chi connectivity index (χ2n) is 4.17. The Balaban J connectivity index is 2.46. The minimum atomic E-state index is -4.32. The van der Waals surface area contributed by atoms with Crippen molar-refractivity contribution in [3.8, 4) is 5.75 Å². The maximum atomic E-state index is 12.2. The third kappa shape index (κ3) is 6.09. The fourth-order valence-corrected chi connectivity index (χ4v) is 1.47. The fraction of sp³-hybridized carbons (Fsp3) is 0.462. The van der Waals surface area contributed by atoms with Gasteiger partial charge in [0, 0.05) is 6.42 Å². The third-order valence-electron chi connectivity index (χ3n) is 2.44. The zero-order chi connectivity index (χ0) is 14.5. The molecule has 0 spiro atoms. The van der Waals surface area contributed by atoms with Gasteiger partial charge in [-0.25, -0.2) is 0 Å². The lowest BCUT2D eigenvalue weighted by Crippen LogP contribution is -2.28. The molecule has 1 rings (SSSR count). The van der Waals surface area contributed by atoms with Crippen LogP contribution in [0.5, 0.6) is 5.75 Å². The zero-order valence-electron chi connectivity index (χ0n) is 10.3. The van der Waals surface area contributed by atoms with Crippen LogP contribution < -0.4 is 4.74 Å². The van der Waals surface area contributed by atoms with Gasteiger partial charge in [-0.2, -0.15) is 13.2 Å². The number of Topliss-reactive ketones (excluding diaryl/α,β-unsaturated/α-hetero) is 1. The topological polar surface area (TPSA) is 26.3 Å². The van der Waals surface area contributed by atoms with Crippen LogP contribution in [0.4, 0.5) is 13.2 Å². The summed E-state index contributed by atoms with van der Waals surface area (Å²) in [6, 6.07) is 6.70. The van der Waals surface area contributed by atoms with E-state index in [1.807, 2.05) is 0 Å². The number of benzene rings is 1. The predicted octanol–water partition coefficient (Wildman–Crippen LogP) is 3.91. The first-order valence-electron chi connectivity index (χ1n) is 5.71. The van der Waals surface area contributed by atoms with Crippen molar-refractivity contribution in [3.63, 3.8) is 0 Å². The molecule has 2 nitrogen and oxygen atoms in total. The molecule has 0 heterocycles. The summed E-state index contributed by atoms with van der Waals surface area (Å²) in [5.74, 6) is 0.480. The van der Waals surface area contributed by atoms with Gasteiger partial charge in [0.15, 0.2) is 0 Å². The molecule has 106 valence electrons. The molecule has 0 aliphatic carbocycles. The Morgan fingerprint density at radius 2 is 1.89 bits per heavy atom. The van der Waals surface area contributed by atoms with Gasteiger partial charge in [0.2, 0.25) is 0 Å². The van der Waals surface area contributed by atoms with Gasteiger partial charge < -0.3 is 9.53 Å². The van der Waals surface area contributed by atoms with Crippen LogP contribution in [-0.2, 0) is 11.2 Å². The normalized spacial score (nSPS) is 13.1. The highest BCUT2D eigenvalue weighted by Gasteiger charge is 2.38. The van der Waals surface area contributed by atoms with Crippen molar-refractivity contribution in [1.82, 2.24) is 0 Å². The SMILES string of the molecule is CC(=O)CCc1ccc(OCC(Br)C(F)(F)F)cc1. The monoisotopic (exact) mass is 338 g/mol. The second kappa shape index (κ2) is 6.93. The van der Waals surface area contributed by atoms with E-state index in [1.54, 1.807) is 24.3 Å². The van der Waals surface area contributed by atoms with Crippen molar-refractivity contribution < 1.29 is 22.7 Å². The predicted molar refractivity (Wildman–Crippen MR) is 69.7 cm³/mol. The van der Waals surface area contributed by atoms with Crippen LogP contribution in [0.15, 0.2) is 24.3 Å². The van der Waals surface area contributed by atoms with E-state index in [4.69, 9.17) is 4.74 Å². The molecule has 6 heteroatoms. The Bertz CT molecular complexity index is 415. The molecular weight excluding hydrogens is 325 g/mol. The van der Waals surface area contributed by atoms with E-state index >= 15 is 0 Å². The van der Waals surface area contributed by atoms with E-state index in [0.29, 0.717) is 18.6 Å². The number of hydrogen-bond donors (Lipinski definition) is 0. The quantitative estimate of drug-likeness (QED) is 0.735. The number of aryl methyl sites for hydroxylation is 1. The summed E-state index contributed by atoms with van der Waals surface area (Å²) in [7, 11) is 0. The maximum Gasteiger partial charge on any atom is 0.404 e. The molecule has 0 bridgehead atoms. The third-order valence-corrected chi connectivity index (χ3v) is 3.22. The summed E-state index contributed by atoms with van der Waals surface area (Å²) < 4.78 is 41.7. The Morgan fingerprint density at radius 3 is 2.37 bits per heavy atom. The van der Waals surface area contributed by atoms with Gasteiger partial charge in [0.1, 0.15) is 23.0 Å². The van der Waals surface area contributed by atoms with Crippen LogP contribution in [0.2, 0.25) is 0 Å². The average molecular weight is 339 g/mol. The van der Waals surface area contributed by atoms with Crippen molar-refractivity contribution in [2.75, 3.05) is 6.61 Å². The lowest BCUT2D eigenvalue weighted by molar-refractivity contribution is -0.132. The van der Waals surface area contributed by atoms with Gasteiger partial charge in [0.05, 0.1) is 0 Å². The molecule has 1 atom stereocenters. The van der Waals surface area contributed by atoms with Crippen molar-refractivity contribution in [1.29, 1.82) is 0 Å². The Morgan fingerprint density at radius 1 is 1.32 bits per heavy atom. The number of ether oxygens (including phenoxy) is 1. The van der Waals surface area contributed by atoms with Crippen LogP contribution in [0.1, 0.15) is 18.9 Å². The van der Waals surface area contributed by atoms with E-state index in [1.165, 1.54) is 6.92 Å². The summed E-state index contributed by atoms with van der Waals surface area (Å²) in [5.41, 5.74) is 0.953. The van der Waals surface area contributed by atoms with Gasteiger partial charge in [-0.1, -0.05) is 28.1 Å². The van der Waals surface area contributed by atoms with Crippen LogP contribution in [-0.4, -0.2) is 23.4 Å². The summed E-state index contributed by atoms with van der Waals surface area (Å²) >= 11 is 2.52. The zero-order valence-corrected chi connectivity index (χ0v) is 11.9. The summed E-state index contributed by atoms with van der Waals surface area (Å²) in [6.45, 7) is 1.04. The van der Waals surface area contributed by atoms with E-state index < -0.39 is 17.6 Å². The standard InChI is InChI=1S/C13H14BrF3O2/c1-9(18)2-3-10-4-6-11(7-5-10)19-8-12(14)13(15,16)17/h4-7,12H,2-3,8H2,1H3. The van der Waals surface area contributed by atoms with E-state index in [-0.39, 0.29) is 5.78 Å². The van der Waals surface area contributed by atoms with Crippen LogP contribution >= 0.6 is 15.9 Å². The van der Waals surface area contributed by atoms with Crippen molar-refractivity contribution in [3.05, 3.63) is 29.8 Å². The summed E-state index contributed by atoms with van der Waals surface area (Å²) in [6.07, 6.45) is -3.24. The molecule has 0 amide bonds. The number of carbonyl (C=O) groups is 1. The van der Waals surface area contributed by atoms with E-state index in [0.717, 1.165) is 5.56 Å².